The molecule has 25 heavy (non-hydrogen) atoms. The molecule has 1 N–H and O–H groups in total. The van der Waals surface area contributed by atoms with E-state index in [2.05, 4.69) is 25.5 Å². The fourth-order valence-corrected chi connectivity index (χ4v) is 2.84. The van der Waals surface area contributed by atoms with Gasteiger partial charge in [-0.3, -0.25) is 9.48 Å². The number of aromatic nitrogens is 4. The van der Waals surface area contributed by atoms with Crippen LogP contribution in [0.2, 0.25) is 0 Å². The zero-order valence-corrected chi connectivity index (χ0v) is 14.8. The van der Waals surface area contributed by atoms with Crippen LogP contribution in [0.25, 0.3) is 0 Å². The van der Waals surface area contributed by atoms with Gasteiger partial charge >= 0.3 is 0 Å². The van der Waals surface area contributed by atoms with E-state index in [0.717, 1.165) is 18.2 Å². The highest BCUT2D eigenvalue weighted by Crippen LogP contribution is 2.20. The first-order chi connectivity index (χ1) is 12.1. The van der Waals surface area contributed by atoms with Gasteiger partial charge in [0.2, 0.25) is 5.88 Å². The molecule has 1 aliphatic heterocycles. The average molecular weight is 345 g/mol. The number of anilines is 2. The van der Waals surface area contributed by atoms with Crippen LogP contribution in [0.1, 0.15) is 17.3 Å². The maximum Gasteiger partial charge on any atom is 0.261 e. The third kappa shape index (κ3) is 3.65. The van der Waals surface area contributed by atoms with E-state index in [1.165, 1.54) is 7.11 Å². The van der Waals surface area contributed by atoms with Crippen LogP contribution in [0.15, 0.2) is 18.3 Å². The lowest BCUT2D eigenvalue weighted by atomic mass is 10.2. The van der Waals surface area contributed by atoms with Crippen LogP contribution < -0.4 is 15.0 Å². The number of aryl methyl sites for hydroxylation is 1. The molecule has 0 spiro atoms. The van der Waals surface area contributed by atoms with Gasteiger partial charge in [0, 0.05) is 46.0 Å². The van der Waals surface area contributed by atoms with E-state index in [4.69, 9.17) is 4.74 Å². The largest absolute Gasteiger partial charge is 0.479 e. The Hall–Kier alpha value is -2.84. The Balaban J connectivity index is 1.62. The maximum absolute atomic E-state index is 12.7. The monoisotopic (exact) mass is 345 g/mol. The van der Waals surface area contributed by atoms with E-state index in [1.54, 1.807) is 17.9 Å². The minimum absolute atomic E-state index is 0.0572. The molecule has 3 heterocycles. The number of amides is 1. The van der Waals surface area contributed by atoms with Gasteiger partial charge in [-0.25, -0.2) is 0 Å². The summed E-state index contributed by atoms with van der Waals surface area (Å²) in [6.07, 6.45) is 1.69. The van der Waals surface area contributed by atoms with Crippen LogP contribution in [0, 0.1) is 0 Å². The molecule has 0 aromatic carbocycles. The van der Waals surface area contributed by atoms with Crippen molar-refractivity contribution < 1.29 is 9.53 Å². The lowest BCUT2D eigenvalue weighted by molar-refractivity contribution is 0.0743. The molecule has 0 radical (unpaired) electrons. The van der Waals surface area contributed by atoms with Crippen molar-refractivity contribution >= 4 is 17.5 Å². The standard InChI is InChI=1S/C16H23N7O2/c1-4-17-13-5-6-14(19-18-13)22-7-9-23(10-8-22)16(24)12-11-21(2)20-15(12)25-3/h5-6,11H,4,7-10H2,1-3H3,(H,17,18). The molecule has 1 fully saturated rings. The van der Waals surface area contributed by atoms with Crippen molar-refractivity contribution in [3.05, 3.63) is 23.9 Å². The lowest BCUT2D eigenvalue weighted by Crippen LogP contribution is -2.49. The average Bonchev–Trinajstić information content (AvgIpc) is 3.03. The van der Waals surface area contributed by atoms with Gasteiger partial charge in [0.05, 0.1) is 7.11 Å². The summed E-state index contributed by atoms with van der Waals surface area (Å²) in [6.45, 7) is 5.49. The number of rotatable bonds is 5. The molecule has 0 saturated carbocycles. The Morgan fingerprint density at radius 2 is 2.00 bits per heavy atom. The molecule has 0 unspecified atom stereocenters. The van der Waals surface area contributed by atoms with E-state index in [9.17, 15) is 4.79 Å². The fraction of sp³-hybridized carbons (Fsp3) is 0.500. The number of nitrogens with one attached hydrogen (secondary N) is 1. The smallest absolute Gasteiger partial charge is 0.261 e. The summed E-state index contributed by atoms with van der Waals surface area (Å²) in [5.41, 5.74) is 0.494. The second-order valence-corrected chi connectivity index (χ2v) is 5.81. The number of hydrogen-bond acceptors (Lipinski definition) is 7. The zero-order chi connectivity index (χ0) is 17.8. The molecule has 0 bridgehead atoms. The van der Waals surface area contributed by atoms with Gasteiger partial charge in [-0.05, 0) is 19.1 Å². The number of nitrogens with zero attached hydrogens (tertiary/aromatic N) is 6. The van der Waals surface area contributed by atoms with Gasteiger partial charge in [-0.1, -0.05) is 0 Å². The molecule has 0 aliphatic carbocycles. The molecule has 3 rings (SSSR count). The van der Waals surface area contributed by atoms with Crippen LogP contribution in [0.5, 0.6) is 5.88 Å². The molecule has 1 aliphatic rings. The molecule has 0 atom stereocenters. The van der Waals surface area contributed by atoms with Crippen LogP contribution >= 0.6 is 0 Å². The van der Waals surface area contributed by atoms with Crippen molar-refractivity contribution in [2.45, 2.75) is 6.92 Å². The predicted molar refractivity (Wildman–Crippen MR) is 94.1 cm³/mol. The van der Waals surface area contributed by atoms with E-state index >= 15 is 0 Å². The molecular weight excluding hydrogens is 322 g/mol. The SMILES string of the molecule is CCNc1ccc(N2CCN(C(=O)c3cn(C)nc3OC)CC2)nn1. The summed E-state index contributed by atoms with van der Waals surface area (Å²) in [4.78, 5) is 16.6. The normalized spacial score (nSPS) is 14.5. The van der Waals surface area contributed by atoms with E-state index in [-0.39, 0.29) is 5.91 Å². The van der Waals surface area contributed by atoms with E-state index in [0.29, 0.717) is 37.6 Å². The molecule has 9 heteroatoms. The highest BCUT2D eigenvalue weighted by Gasteiger charge is 2.26. The summed E-state index contributed by atoms with van der Waals surface area (Å²) in [7, 11) is 3.29. The zero-order valence-electron chi connectivity index (χ0n) is 14.8. The number of carbonyl (C=O) groups excluding carboxylic acids is 1. The van der Waals surface area contributed by atoms with Gasteiger partial charge < -0.3 is 19.9 Å². The third-order valence-corrected chi connectivity index (χ3v) is 4.12. The van der Waals surface area contributed by atoms with Crippen LogP contribution in [-0.2, 0) is 7.05 Å². The Labute approximate surface area is 146 Å². The van der Waals surface area contributed by atoms with Gasteiger partial charge in [0.25, 0.3) is 5.91 Å². The molecule has 9 nitrogen and oxygen atoms in total. The third-order valence-electron chi connectivity index (χ3n) is 4.12. The molecule has 1 amide bonds. The molecule has 2 aromatic heterocycles. The number of methoxy groups -OCH3 is 1. The first-order valence-corrected chi connectivity index (χ1v) is 8.31. The summed E-state index contributed by atoms with van der Waals surface area (Å²) < 4.78 is 6.77. The topological polar surface area (TPSA) is 88.4 Å². The molecule has 134 valence electrons. The summed E-state index contributed by atoms with van der Waals surface area (Å²) in [6, 6.07) is 3.87. The predicted octanol–water partition coefficient (Wildman–Crippen LogP) is 0.613. The first kappa shape index (κ1) is 17.0. The Morgan fingerprint density at radius 1 is 1.24 bits per heavy atom. The molecular formula is C16H23N7O2. The number of piperazine rings is 1. The van der Waals surface area contributed by atoms with Crippen molar-refractivity contribution in [3.8, 4) is 5.88 Å². The first-order valence-electron chi connectivity index (χ1n) is 8.31. The number of hydrogen-bond donors (Lipinski definition) is 1. The van der Waals surface area contributed by atoms with Crippen LogP contribution in [0.3, 0.4) is 0 Å². The molecule has 1 saturated heterocycles. The Kier molecular flexibility index (Phi) is 5.01. The van der Waals surface area contributed by atoms with Gasteiger partial charge in [0.1, 0.15) is 11.4 Å². The Morgan fingerprint density at radius 3 is 2.60 bits per heavy atom. The Bertz CT molecular complexity index is 721. The van der Waals surface area contributed by atoms with Crippen LogP contribution in [-0.4, -0.2) is 70.6 Å². The minimum Gasteiger partial charge on any atom is -0.479 e. The van der Waals surface area contributed by atoms with Gasteiger partial charge in [0.15, 0.2) is 5.82 Å². The quantitative estimate of drug-likeness (QED) is 0.849. The second-order valence-electron chi connectivity index (χ2n) is 5.81. The number of ether oxygens (including phenoxy) is 1. The van der Waals surface area contributed by atoms with Gasteiger partial charge in [-0.2, -0.15) is 0 Å². The summed E-state index contributed by atoms with van der Waals surface area (Å²) in [5, 5.41) is 15.7. The number of carbonyl (C=O) groups is 1. The fourth-order valence-electron chi connectivity index (χ4n) is 2.84. The van der Waals surface area contributed by atoms with Crippen molar-refractivity contribution in [1.29, 1.82) is 0 Å². The van der Waals surface area contributed by atoms with Crippen molar-refractivity contribution in [3.63, 3.8) is 0 Å². The summed E-state index contributed by atoms with van der Waals surface area (Å²) >= 11 is 0. The highest BCUT2D eigenvalue weighted by atomic mass is 16.5. The van der Waals surface area contributed by atoms with Crippen molar-refractivity contribution in [2.24, 2.45) is 7.05 Å². The van der Waals surface area contributed by atoms with Gasteiger partial charge in [-0.15, -0.1) is 15.3 Å². The van der Waals surface area contributed by atoms with Crippen LogP contribution in [0.4, 0.5) is 11.6 Å². The van der Waals surface area contributed by atoms with Crippen molar-refractivity contribution in [2.75, 3.05) is 50.1 Å². The second kappa shape index (κ2) is 7.37. The van der Waals surface area contributed by atoms with Crippen molar-refractivity contribution in [1.82, 2.24) is 24.9 Å². The minimum atomic E-state index is -0.0572. The highest BCUT2D eigenvalue weighted by molar-refractivity contribution is 5.96. The van der Waals surface area contributed by atoms with E-state index < -0.39 is 0 Å². The lowest BCUT2D eigenvalue weighted by Gasteiger charge is -2.35. The maximum atomic E-state index is 12.7. The summed E-state index contributed by atoms with van der Waals surface area (Å²) in [5.74, 6) is 1.90. The van der Waals surface area contributed by atoms with E-state index in [1.807, 2.05) is 24.0 Å². The molecule has 2 aromatic rings.